The Morgan fingerprint density at radius 3 is 2.29 bits per heavy atom. The highest BCUT2D eigenvalue weighted by molar-refractivity contribution is 6.31. The van der Waals surface area contributed by atoms with Gasteiger partial charge < -0.3 is 10.8 Å². The van der Waals surface area contributed by atoms with Crippen molar-refractivity contribution in [2.24, 2.45) is 5.73 Å². The van der Waals surface area contributed by atoms with Crippen LogP contribution in [0, 0.1) is 6.92 Å². The Kier molecular flexibility index (Phi) is 5.02. The van der Waals surface area contributed by atoms with Crippen molar-refractivity contribution in [3.8, 4) is 5.75 Å². The first kappa shape index (κ1) is 12.8. The molecule has 1 aromatic carbocycles. The monoisotopic (exact) mass is 215 g/mol. The minimum Gasteiger partial charge on any atom is -0.508 e. The lowest BCUT2D eigenvalue weighted by molar-refractivity contribution is 0.1000. The summed E-state index contributed by atoms with van der Waals surface area (Å²) in [5.41, 5.74) is 5.75. The first-order valence-electron chi connectivity index (χ1n) is 4.31. The third-order valence-electron chi connectivity index (χ3n) is 1.60. The molecule has 0 saturated heterocycles. The molecule has 0 aromatic heterocycles. The number of carbonyl (C=O) groups excluding carboxylic acids is 1. The van der Waals surface area contributed by atoms with Gasteiger partial charge in [-0.3, -0.25) is 4.79 Å². The Morgan fingerprint density at radius 2 is 1.93 bits per heavy atom. The Labute approximate surface area is 88.5 Å². The van der Waals surface area contributed by atoms with Crippen LogP contribution in [0.2, 0.25) is 5.02 Å². The third-order valence-corrected chi connectivity index (χ3v) is 1.99. The Bertz CT molecular complexity index is 314. The molecule has 3 nitrogen and oxygen atoms in total. The molecular weight excluding hydrogens is 202 g/mol. The summed E-state index contributed by atoms with van der Waals surface area (Å²) in [5, 5.41) is 9.57. The fraction of sp³-hybridized carbons (Fsp3) is 0.300. The summed E-state index contributed by atoms with van der Waals surface area (Å²) in [4.78, 5) is 10.7. The van der Waals surface area contributed by atoms with Gasteiger partial charge in [0.1, 0.15) is 5.75 Å². The zero-order chi connectivity index (χ0) is 11.3. The highest BCUT2D eigenvalue weighted by atomic mass is 35.5. The summed E-state index contributed by atoms with van der Waals surface area (Å²) in [6.45, 7) is 5.66. The summed E-state index contributed by atoms with van der Waals surface area (Å²) in [5.74, 6) is -0.622. The first-order valence-corrected chi connectivity index (χ1v) is 4.69. The minimum atomic E-state index is -0.604. The van der Waals surface area contributed by atoms with Crippen LogP contribution in [0.4, 0.5) is 0 Å². The van der Waals surface area contributed by atoms with E-state index in [0.29, 0.717) is 10.6 Å². The molecule has 0 aliphatic heterocycles. The average molecular weight is 216 g/mol. The number of hydrogen-bond acceptors (Lipinski definition) is 2. The number of primary amides is 1. The largest absolute Gasteiger partial charge is 0.508 e. The molecule has 4 heteroatoms. The quantitative estimate of drug-likeness (QED) is 0.756. The van der Waals surface area contributed by atoms with Gasteiger partial charge in [0.2, 0.25) is 5.91 Å². The van der Waals surface area contributed by atoms with Crippen molar-refractivity contribution >= 4 is 17.5 Å². The predicted octanol–water partition coefficient (Wildman–Crippen LogP) is 2.48. The van der Waals surface area contributed by atoms with Crippen molar-refractivity contribution in [1.82, 2.24) is 0 Å². The number of amides is 1. The van der Waals surface area contributed by atoms with Gasteiger partial charge in [-0.1, -0.05) is 25.4 Å². The van der Waals surface area contributed by atoms with E-state index in [1.165, 1.54) is 12.1 Å². The number of phenolic OH excluding ortho intramolecular Hbond substituents is 1. The van der Waals surface area contributed by atoms with Gasteiger partial charge in [0.25, 0.3) is 0 Å². The van der Waals surface area contributed by atoms with Crippen LogP contribution >= 0.6 is 11.6 Å². The van der Waals surface area contributed by atoms with E-state index in [0.717, 1.165) is 0 Å². The van der Waals surface area contributed by atoms with Crippen molar-refractivity contribution < 1.29 is 9.90 Å². The van der Waals surface area contributed by atoms with Gasteiger partial charge in [-0.25, -0.2) is 0 Å². The maximum atomic E-state index is 10.7. The number of halogens is 1. The number of hydrogen-bond donors (Lipinski definition) is 2. The molecule has 78 valence electrons. The number of nitrogens with two attached hydrogens (primary N) is 1. The second kappa shape index (κ2) is 5.50. The highest BCUT2D eigenvalue weighted by Crippen LogP contribution is 2.25. The number of phenols is 1. The maximum Gasteiger partial charge on any atom is 0.248 e. The van der Waals surface area contributed by atoms with E-state index in [-0.39, 0.29) is 11.3 Å². The van der Waals surface area contributed by atoms with Crippen LogP contribution in [-0.2, 0) is 0 Å². The van der Waals surface area contributed by atoms with Crippen molar-refractivity contribution in [2.45, 2.75) is 20.8 Å². The van der Waals surface area contributed by atoms with Crippen LogP contribution in [0.15, 0.2) is 12.1 Å². The second-order valence-electron chi connectivity index (χ2n) is 2.47. The van der Waals surface area contributed by atoms with Gasteiger partial charge in [-0.05, 0) is 19.1 Å². The minimum absolute atomic E-state index is 0.0173. The van der Waals surface area contributed by atoms with Crippen LogP contribution in [0.3, 0.4) is 0 Å². The molecule has 0 saturated carbocycles. The van der Waals surface area contributed by atoms with Gasteiger partial charge >= 0.3 is 0 Å². The van der Waals surface area contributed by atoms with E-state index in [2.05, 4.69) is 0 Å². The average Bonchev–Trinajstić information content (AvgIpc) is 2.16. The van der Waals surface area contributed by atoms with Crippen LogP contribution < -0.4 is 5.73 Å². The molecule has 0 fully saturated rings. The van der Waals surface area contributed by atoms with Crippen molar-refractivity contribution in [3.05, 3.63) is 28.3 Å². The zero-order valence-corrected chi connectivity index (χ0v) is 9.22. The van der Waals surface area contributed by atoms with Crippen molar-refractivity contribution in [3.63, 3.8) is 0 Å². The smallest absolute Gasteiger partial charge is 0.248 e. The fourth-order valence-corrected chi connectivity index (χ4v) is 1.02. The molecule has 0 aliphatic rings. The van der Waals surface area contributed by atoms with E-state index in [4.69, 9.17) is 17.3 Å². The molecule has 1 aromatic rings. The molecule has 3 N–H and O–H groups in total. The Morgan fingerprint density at radius 1 is 1.43 bits per heavy atom. The van der Waals surface area contributed by atoms with E-state index in [9.17, 15) is 9.90 Å². The summed E-state index contributed by atoms with van der Waals surface area (Å²) in [6, 6.07) is 2.72. The summed E-state index contributed by atoms with van der Waals surface area (Å²) in [7, 11) is 0. The van der Waals surface area contributed by atoms with Gasteiger partial charge in [0, 0.05) is 16.1 Å². The highest BCUT2D eigenvalue weighted by Gasteiger charge is 2.07. The van der Waals surface area contributed by atoms with Crippen molar-refractivity contribution in [2.75, 3.05) is 0 Å². The van der Waals surface area contributed by atoms with E-state index < -0.39 is 5.91 Å². The molecule has 14 heavy (non-hydrogen) atoms. The van der Waals surface area contributed by atoms with Gasteiger partial charge in [-0.2, -0.15) is 0 Å². The van der Waals surface area contributed by atoms with Crippen LogP contribution in [0.5, 0.6) is 5.75 Å². The number of benzene rings is 1. The summed E-state index contributed by atoms with van der Waals surface area (Å²) in [6.07, 6.45) is 0. The van der Waals surface area contributed by atoms with Gasteiger partial charge in [0.15, 0.2) is 0 Å². The second-order valence-corrected chi connectivity index (χ2v) is 2.87. The molecule has 0 atom stereocenters. The molecule has 1 rings (SSSR count). The standard InChI is InChI=1S/C8H8ClNO2.C2H6/c1-4-6(9)2-5(8(10)12)3-7(4)11;1-2/h2-3,11H,1H3,(H2,10,12);1-2H3. The van der Waals surface area contributed by atoms with E-state index in [1.54, 1.807) is 6.92 Å². The number of aromatic hydroxyl groups is 1. The molecule has 0 heterocycles. The zero-order valence-electron chi connectivity index (χ0n) is 8.47. The van der Waals surface area contributed by atoms with Gasteiger partial charge in [0.05, 0.1) is 0 Å². The number of rotatable bonds is 1. The van der Waals surface area contributed by atoms with Gasteiger partial charge in [-0.15, -0.1) is 0 Å². The molecular formula is C10H14ClNO2. The van der Waals surface area contributed by atoms with Crippen molar-refractivity contribution in [1.29, 1.82) is 0 Å². The summed E-state index contributed by atoms with van der Waals surface area (Å²) < 4.78 is 0. The molecule has 0 aliphatic carbocycles. The van der Waals surface area contributed by atoms with Crippen LogP contribution in [0.25, 0.3) is 0 Å². The Hall–Kier alpha value is -1.22. The lowest BCUT2D eigenvalue weighted by atomic mass is 10.1. The molecule has 0 radical (unpaired) electrons. The third kappa shape index (κ3) is 2.92. The Balaban J connectivity index is 0.000000791. The predicted molar refractivity (Wildman–Crippen MR) is 57.7 cm³/mol. The molecule has 0 bridgehead atoms. The van der Waals surface area contributed by atoms with E-state index in [1.807, 2.05) is 13.8 Å². The summed E-state index contributed by atoms with van der Waals surface area (Å²) >= 11 is 5.70. The molecule has 0 unspecified atom stereocenters. The SMILES string of the molecule is CC.Cc1c(O)cc(C(N)=O)cc1Cl. The maximum absolute atomic E-state index is 10.7. The van der Waals surface area contributed by atoms with Crippen LogP contribution in [-0.4, -0.2) is 11.0 Å². The normalized spacial score (nSPS) is 8.86. The lowest BCUT2D eigenvalue weighted by Crippen LogP contribution is -2.10. The molecule has 1 amide bonds. The molecule has 0 spiro atoms. The van der Waals surface area contributed by atoms with E-state index >= 15 is 0 Å². The first-order chi connectivity index (χ1) is 6.52. The topological polar surface area (TPSA) is 63.3 Å². The lowest BCUT2D eigenvalue weighted by Gasteiger charge is -2.02. The van der Waals surface area contributed by atoms with Crippen LogP contribution in [0.1, 0.15) is 29.8 Å². The fourth-order valence-electron chi connectivity index (χ4n) is 0.807. The number of carbonyl (C=O) groups is 1.